The van der Waals surface area contributed by atoms with E-state index in [0.29, 0.717) is 22.5 Å². The van der Waals surface area contributed by atoms with Crippen molar-refractivity contribution >= 4 is 38.4 Å². The molecule has 0 radical (unpaired) electrons. The van der Waals surface area contributed by atoms with Crippen molar-refractivity contribution in [3.63, 3.8) is 0 Å². The van der Waals surface area contributed by atoms with Gasteiger partial charge in [-0.15, -0.1) is 0 Å². The molecule has 0 atom stereocenters. The minimum Gasteiger partial charge on any atom is -0.384 e. The molecular formula is C17H16BrFN2O2. The Bertz CT molecular complexity index is 833. The lowest BCUT2D eigenvalue weighted by atomic mass is 9.59. The zero-order valence-electron chi connectivity index (χ0n) is 12.9. The molecule has 2 aromatic rings. The van der Waals surface area contributed by atoms with Gasteiger partial charge in [0, 0.05) is 37.8 Å². The number of fused-ring (bicyclic) bond motifs is 4. The van der Waals surface area contributed by atoms with E-state index in [1.54, 1.807) is 31.3 Å². The van der Waals surface area contributed by atoms with Crippen molar-refractivity contribution in [2.75, 3.05) is 25.7 Å². The first kappa shape index (κ1) is 15.0. The Balaban J connectivity index is 1.93. The summed E-state index contributed by atoms with van der Waals surface area (Å²) >= 11 is 3.25. The van der Waals surface area contributed by atoms with Gasteiger partial charge in [-0.2, -0.15) is 0 Å². The fourth-order valence-electron chi connectivity index (χ4n) is 4.13. The monoisotopic (exact) mass is 378 g/mol. The van der Waals surface area contributed by atoms with Gasteiger partial charge in [0.1, 0.15) is 5.82 Å². The summed E-state index contributed by atoms with van der Waals surface area (Å²) in [5.41, 5.74) is 1.90. The Kier molecular flexibility index (Phi) is 3.25. The van der Waals surface area contributed by atoms with Crippen LogP contribution in [0.5, 0.6) is 0 Å². The summed E-state index contributed by atoms with van der Waals surface area (Å²) in [4.78, 5) is 18.9. The van der Waals surface area contributed by atoms with E-state index in [9.17, 15) is 9.18 Å². The average Bonchev–Trinajstić information content (AvgIpc) is 2.71. The number of aromatic nitrogens is 1. The molecule has 1 spiro atoms. The third-order valence-electron chi connectivity index (χ3n) is 5.12. The first-order chi connectivity index (χ1) is 11.0. The van der Waals surface area contributed by atoms with E-state index in [2.05, 4.69) is 20.9 Å². The molecule has 4 rings (SSSR count). The van der Waals surface area contributed by atoms with Crippen molar-refractivity contribution in [2.24, 2.45) is 5.92 Å². The molecule has 1 aromatic carbocycles. The minimum atomic E-state index is -0.508. The highest BCUT2D eigenvalue weighted by atomic mass is 79.9. The molecule has 1 fully saturated rings. The van der Waals surface area contributed by atoms with Crippen LogP contribution in [0, 0.1) is 11.7 Å². The normalized spacial score (nSPS) is 26.0. The number of carbonyl (C=O) groups excluding carboxylic acids is 1. The fraction of sp³-hybridized carbons (Fsp3) is 0.412. The van der Waals surface area contributed by atoms with E-state index < -0.39 is 5.41 Å². The molecule has 0 N–H and O–H groups in total. The molecule has 0 unspecified atom stereocenters. The largest absolute Gasteiger partial charge is 0.384 e. The molecule has 1 aliphatic heterocycles. The number of methoxy groups -OCH3 is 1. The lowest BCUT2D eigenvalue weighted by Gasteiger charge is -2.44. The summed E-state index contributed by atoms with van der Waals surface area (Å²) in [6.45, 7) is 0.662. The van der Waals surface area contributed by atoms with Gasteiger partial charge >= 0.3 is 0 Å². The van der Waals surface area contributed by atoms with Gasteiger partial charge in [-0.1, -0.05) is 0 Å². The third kappa shape index (κ3) is 1.91. The molecular weight excluding hydrogens is 363 g/mol. The Morgan fingerprint density at radius 3 is 2.91 bits per heavy atom. The quantitative estimate of drug-likeness (QED) is 0.803. The van der Waals surface area contributed by atoms with Crippen molar-refractivity contribution < 1.29 is 13.9 Å². The molecule has 0 saturated heterocycles. The number of likely N-dealkylation sites (N-methyl/N-ethyl adjacent to an activating group) is 1. The van der Waals surface area contributed by atoms with Crippen molar-refractivity contribution in [1.29, 1.82) is 0 Å². The van der Waals surface area contributed by atoms with E-state index in [-0.39, 0.29) is 11.7 Å². The van der Waals surface area contributed by atoms with Gasteiger partial charge in [0.05, 0.1) is 27.3 Å². The van der Waals surface area contributed by atoms with Gasteiger partial charge in [-0.25, -0.2) is 4.39 Å². The summed E-state index contributed by atoms with van der Waals surface area (Å²) in [5, 5.41) is 0.851. The topological polar surface area (TPSA) is 42.4 Å². The van der Waals surface area contributed by atoms with Gasteiger partial charge in [0.2, 0.25) is 5.91 Å². The highest BCUT2D eigenvalue weighted by molar-refractivity contribution is 9.10. The maximum Gasteiger partial charge on any atom is 0.237 e. The lowest BCUT2D eigenvalue weighted by Crippen LogP contribution is -2.50. The average molecular weight is 379 g/mol. The Morgan fingerprint density at radius 1 is 1.48 bits per heavy atom. The number of pyridine rings is 1. The van der Waals surface area contributed by atoms with Crippen LogP contribution in [-0.2, 0) is 14.9 Å². The summed E-state index contributed by atoms with van der Waals surface area (Å²) in [7, 11) is 3.46. The van der Waals surface area contributed by atoms with Gasteiger partial charge in [0.25, 0.3) is 0 Å². The summed E-state index contributed by atoms with van der Waals surface area (Å²) in [5.74, 6) is 0.146. The molecule has 1 amide bonds. The van der Waals surface area contributed by atoms with E-state index in [1.807, 2.05) is 0 Å². The minimum absolute atomic E-state index is 0.106. The Morgan fingerprint density at radius 2 is 2.22 bits per heavy atom. The number of hydrogen-bond donors (Lipinski definition) is 0. The molecule has 1 aromatic heterocycles. The van der Waals surface area contributed by atoms with E-state index in [4.69, 9.17) is 4.74 Å². The van der Waals surface area contributed by atoms with E-state index in [1.165, 1.54) is 6.07 Å². The molecule has 4 nitrogen and oxygen atoms in total. The molecule has 2 aliphatic rings. The van der Waals surface area contributed by atoms with Crippen LogP contribution in [0.2, 0.25) is 0 Å². The Hall–Kier alpha value is -1.53. The molecule has 2 heterocycles. The SMILES string of the molecule is COCC1CC2(C1)C(=O)N(C)c1cnc3cc(F)c(Br)cc3c12. The van der Waals surface area contributed by atoms with Crippen molar-refractivity contribution in [1.82, 2.24) is 4.98 Å². The number of hydrogen-bond acceptors (Lipinski definition) is 3. The molecule has 120 valence electrons. The lowest BCUT2D eigenvalue weighted by molar-refractivity contribution is -0.128. The van der Waals surface area contributed by atoms with Gasteiger partial charge in [-0.3, -0.25) is 9.78 Å². The van der Waals surface area contributed by atoms with Crippen LogP contribution in [0.1, 0.15) is 18.4 Å². The second-order valence-electron chi connectivity index (χ2n) is 6.48. The van der Waals surface area contributed by atoms with Gasteiger partial charge in [0.15, 0.2) is 0 Å². The predicted octanol–water partition coefficient (Wildman–Crippen LogP) is 3.41. The predicted molar refractivity (Wildman–Crippen MR) is 89.1 cm³/mol. The van der Waals surface area contributed by atoms with Crippen LogP contribution in [0.25, 0.3) is 10.9 Å². The highest BCUT2D eigenvalue weighted by Crippen LogP contribution is 2.57. The number of nitrogens with zero attached hydrogens (tertiary/aromatic N) is 2. The standard InChI is InChI=1S/C17H16BrFN2O2/c1-21-14-7-20-13-4-12(19)11(18)3-10(13)15(14)17(16(21)22)5-9(6-17)8-23-2/h3-4,7,9H,5-6,8H2,1-2H3. The molecule has 23 heavy (non-hydrogen) atoms. The number of rotatable bonds is 2. The maximum atomic E-state index is 13.8. The van der Waals surface area contributed by atoms with Gasteiger partial charge in [-0.05, 0) is 40.8 Å². The van der Waals surface area contributed by atoms with Crippen LogP contribution in [0.4, 0.5) is 10.1 Å². The molecule has 6 heteroatoms. The van der Waals surface area contributed by atoms with E-state index in [0.717, 1.165) is 29.5 Å². The number of halogens is 2. The number of amides is 1. The number of carbonyl (C=O) groups is 1. The van der Waals surface area contributed by atoms with Crippen LogP contribution in [0.15, 0.2) is 22.8 Å². The summed E-state index contributed by atoms with van der Waals surface area (Å²) < 4.78 is 19.4. The smallest absolute Gasteiger partial charge is 0.237 e. The number of anilines is 1. The second kappa shape index (κ2) is 4.98. The van der Waals surface area contributed by atoms with Crippen molar-refractivity contribution in [3.8, 4) is 0 Å². The third-order valence-corrected chi connectivity index (χ3v) is 5.73. The molecule has 1 aliphatic carbocycles. The summed E-state index contributed by atoms with van der Waals surface area (Å²) in [6.07, 6.45) is 3.22. The molecule has 1 saturated carbocycles. The van der Waals surface area contributed by atoms with Crippen LogP contribution in [0.3, 0.4) is 0 Å². The first-order valence-electron chi connectivity index (χ1n) is 7.53. The number of benzene rings is 1. The van der Waals surface area contributed by atoms with E-state index >= 15 is 0 Å². The zero-order valence-corrected chi connectivity index (χ0v) is 14.5. The summed E-state index contributed by atoms with van der Waals surface area (Å²) in [6, 6.07) is 3.16. The number of ether oxygens (including phenoxy) is 1. The van der Waals surface area contributed by atoms with Crippen LogP contribution < -0.4 is 4.90 Å². The first-order valence-corrected chi connectivity index (χ1v) is 8.32. The Labute approximate surface area is 141 Å². The fourth-order valence-corrected chi connectivity index (χ4v) is 4.47. The zero-order chi connectivity index (χ0) is 16.4. The van der Waals surface area contributed by atoms with Crippen LogP contribution >= 0.6 is 15.9 Å². The maximum absolute atomic E-state index is 13.8. The highest BCUT2D eigenvalue weighted by Gasteiger charge is 2.58. The molecule has 0 bridgehead atoms. The second-order valence-corrected chi connectivity index (χ2v) is 7.33. The van der Waals surface area contributed by atoms with Crippen molar-refractivity contribution in [2.45, 2.75) is 18.3 Å². The van der Waals surface area contributed by atoms with Gasteiger partial charge < -0.3 is 9.64 Å². The van der Waals surface area contributed by atoms with Crippen molar-refractivity contribution in [3.05, 3.63) is 34.2 Å². The van der Waals surface area contributed by atoms with Crippen LogP contribution in [-0.4, -0.2) is 31.7 Å².